The van der Waals surface area contributed by atoms with Crippen LogP contribution in [0.3, 0.4) is 0 Å². The fraction of sp³-hybridized carbons (Fsp3) is 0.136. The molecular weight excluding hydrogens is 350 g/mol. The van der Waals surface area contributed by atoms with Crippen LogP contribution in [0, 0.1) is 0 Å². The summed E-state index contributed by atoms with van der Waals surface area (Å²) in [5.41, 5.74) is 2.99. The summed E-state index contributed by atoms with van der Waals surface area (Å²) in [5, 5.41) is 11.7. The minimum absolute atomic E-state index is 0.0784. The molecule has 28 heavy (non-hydrogen) atoms. The number of carbonyl (C=O) groups excluding carboxylic acids is 1. The average molecular weight is 371 g/mol. The lowest BCUT2D eigenvalue weighted by Gasteiger charge is -2.17. The van der Waals surface area contributed by atoms with Gasteiger partial charge in [0.1, 0.15) is 0 Å². The fourth-order valence-electron chi connectivity index (χ4n) is 3.13. The van der Waals surface area contributed by atoms with Gasteiger partial charge in [0.15, 0.2) is 6.04 Å². The summed E-state index contributed by atoms with van der Waals surface area (Å²) in [6, 6.07) is 21.0. The van der Waals surface area contributed by atoms with Gasteiger partial charge < -0.3 is 5.32 Å². The Bertz CT molecular complexity index is 1010. The second-order valence-corrected chi connectivity index (χ2v) is 6.47. The first-order valence-corrected chi connectivity index (χ1v) is 9.22. The SMILES string of the molecule is O=C(NCCc1cnn(-c2ccccc2)c1)C(c1ccccc1)n1cccn1. The van der Waals surface area contributed by atoms with E-state index in [4.69, 9.17) is 0 Å². The summed E-state index contributed by atoms with van der Waals surface area (Å²) in [5.74, 6) is -0.0784. The molecule has 0 saturated heterocycles. The van der Waals surface area contributed by atoms with Crippen molar-refractivity contribution in [1.82, 2.24) is 24.9 Å². The molecule has 0 aliphatic carbocycles. The van der Waals surface area contributed by atoms with Crippen LogP contribution in [0.25, 0.3) is 5.69 Å². The lowest BCUT2D eigenvalue weighted by atomic mass is 10.1. The Balaban J connectivity index is 1.40. The van der Waals surface area contributed by atoms with Crippen LogP contribution < -0.4 is 5.32 Å². The number of nitrogens with zero attached hydrogens (tertiary/aromatic N) is 4. The Labute approximate surface area is 163 Å². The van der Waals surface area contributed by atoms with Crippen LogP contribution in [0.1, 0.15) is 17.2 Å². The molecule has 1 atom stereocenters. The average Bonchev–Trinajstić information content (AvgIpc) is 3.42. The third kappa shape index (κ3) is 4.01. The van der Waals surface area contributed by atoms with Crippen molar-refractivity contribution >= 4 is 5.91 Å². The van der Waals surface area contributed by atoms with Crippen molar-refractivity contribution in [1.29, 1.82) is 0 Å². The molecule has 1 N–H and O–H groups in total. The number of hydrogen-bond donors (Lipinski definition) is 1. The van der Waals surface area contributed by atoms with Gasteiger partial charge in [0, 0.05) is 25.1 Å². The zero-order valence-corrected chi connectivity index (χ0v) is 15.3. The molecule has 0 spiro atoms. The minimum atomic E-state index is -0.483. The monoisotopic (exact) mass is 371 g/mol. The van der Waals surface area contributed by atoms with Gasteiger partial charge in [-0.15, -0.1) is 0 Å². The number of para-hydroxylation sites is 1. The molecular formula is C22H21N5O. The number of carbonyl (C=O) groups is 1. The topological polar surface area (TPSA) is 64.7 Å². The Morgan fingerprint density at radius 2 is 1.71 bits per heavy atom. The van der Waals surface area contributed by atoms with Crippen LogP contribution in [0.5, 0.6) is 0 Å². The number of rotatable bonds is 7. The van der Waals surface area contributed by atoms with Gasteiger partial charge in [-0.3, -0.25) is 9.48 Å². The van der Waals surface area contributed by atoms with Gasteiger partial charge in [0.2, 0.25) is 5.91 Å². The van der Waals surface area contributed by atoms with Crippen molar-refractivity contribution in [2.45, 2.75) is 12.5 Å². The zero-order valence-electron chi connectivity index (χ0n) is 15.3. The predicted molar refractivity (Wildman–Crippen MR) is 107 cm³/mol. The molecule has 0 aliphatic heterocycles. The quantitative estimate of drug-likeness (QED) is 0.543. The molecule has 2 aromatic carbocycles. The maximum atomic E-state index is 12.9. The standard InChI is InChI=1S/C22H21N5O/c28-22(21(26-15-7-13-24-26)19-8-3-1-4-9-19)23-14-12-18-16-25-27(17-18)20-10-5-2-6-11-20/h1-11,13,15-17,21H,12,14H2,(H,23,28). The second kappa shape index (κ2) is 8.35. The molecule has 6 nitrogen and oxygen atoms in total. The summed E-state index contributed by atoms with van der Waals surface area (Å²) < 4.78 is 3.52. The van der Waals surface area contributed by atoms with Crippen molar-refractivity contribution < 1.29 is 4.79 Å². The highest BCUT2D eigenvalue weighted by molar-refractivity contribution is 5.83. The normalized spacial score (nSPS) is 11.9. The van der Waals surface area contributed by atoms with Crippen LogP contribution in [-0.4, -0.2) is 32.0 Å². The number of aromatic nitrogens is 4. The van der Waals surface area contributed by atoms with E-state index in [-0.39, 0.29) is 5.91 Å². The molecule has 140 valence electrons. The second-order valence-electron chi connectivity index (χ2n) is 6.47. The van der Waals surface area contributed by atoms with Crippen LogP contribution >= 0.6 is 0 Å². The maximum absolute atomic E-state index is 12.9. The van der Waals surface area contributed by atoms with E-state index >= 15 is 0 Å². The Morgan fingerprint density at radius 3 is 2.43 bits per heavy atom. The molecule has 1 amide bonds. The van der Waals surface area contributed by atoms with E-state index in [1.807, 2.05) is 83.8 Å². The maximum Gasteiger partial charge on any atom is 0.249 e. The first-order valence-electron chi connectivity index (χ1n) is 9.22. The highest BCUT2D eigenvalue weighted by Gasteiger charge is 2.22. The van der Waals surface area contributed by atoms with E-state index in [2.05, 4.69) is 15.5 Å². The van der Waals surface area contributed by atoms with Crippen molar-refractivity contribution in [2.24, 2.45) is 0 Å². The first kappa shape index (κ1) is 17.7. The van der Waals surface area contributed by atoms with Crippen molar-refractivity contribution in [3.8, 4) is 5.69 Å². The highest BCUT2D eigenvalue weighted by Crippen LogP contribution is 2.17. The van der Waals surface area contributed by atoms with Gasteiger partial charge in [-0.2, -0.15) is 10.2 Å². The minimum Gasteiger partial charge on any atom is -0.354 e. The highest BCUT2D eigenvalue weighted by atomic mass is 16.2. The first-order chi connectivity index (χ1) is 13.8. The summed E-state index contributed by atoms with van der Waals surface area (Å²) in [4.78, 5) is 12.9. The van der Waals surface area contributed by atoms with E-state index < -0.39 is 6.04 Å². The van der Waals surface area contributed by atoms with Gasteiger partial charge in [-0.1, -0.05) is 48.5 Å². The largest absolute Gasteiger partial charge is 0.354 e. The molecule has 6 heteroatoms. The van der Waals surface area contributed by atoms with Gasteiger partial charge in [0.05, 0.1) is 11.9 Å². The van der Waals surface area contributed by atoms with Gasteiger partial charge in [-0.25, -0.2) is 4.68 Å². The summed E-state index contributed by atoms with van der Waals surface area (Å²) in [6.07, 6.45) is 8.02. The van der Waals surface area contributed by atoms with Crippen molar-refractivity contribution in [3.05, 3.63) is 103 Å². The third-order valence-electron chi connectivity index (χ3n) is 4.52. The van der Waals surface area contributed by atoms with Crippen LogP contribution in [0.4, 0.5) is 0 Å². The fourth-order valence-corrected chi connectivity index (χ4v) is 3.13. The van der Waals surface area contributed by atoms with E-state index in [0.29, 0.717) is 13.0 Å². The molecule has 0 saturated carbocycles. The number of amides is 1. The van der Waals surface area contributed by atoms with E-state index in [9.17, 15) is 4.79 Å². The Morgan fingerprint density at radius 1 is 0.964 bits per heavy atom. The molecule has 4 aromatic rings. The summed E-state index contributed by atoms with van der Waals surface area (Å²) >= 11 is 0. The smallest absolute Gasteiger partial charge is 0.249 e. The van der Waals surface area contributed by atoms with Crippen molar-refractivity contribution in [2.75, 3.05) is 6.54 Å². The third-order valence-corrected chi connectivity index (χ3v) is 4.52. The molecule has 0 fully saturated rings. The van der Waals surface area contributed by atoms with Gasteiger partial charge >= 0.3 is 0 Å². The van der Waals surface area contributed by atoms with E-state index in [0.717, 1.165) is 16.8 Å². The Hall–Kier alpha value is -3.67. The molecule has 4 rings (SSSR count). The van der Waals surface area contributed by atoms with E-state index in [1.165, 1.54) is 0 Å². The summed E-state index contributed by atoms with van der Waals surface area (Å²) in [6.45, 7) is 0.532. The van der Waals surface area contributed by atoms with Crippen molar-refractivity contribution in [3.63, 3.8) is 0 Å². The molecule has 0 aliphatic rings. The molecule has 0 bridgehead atoms. The summed E-state index contributed by atoms with van der Waals surface area (Å²) in [7, 11) is 0. The number of benzene rings is 2. The lowest BCUT2D eigenvalue weighted by Crippen LogP contribution is -2.34. The molecule has 2 aromatic heterocycles. The molecule has 1 unspecified atom stereocenters. The van der Waals surface area contributed by atoms with Crippen LogP contribution in [-0.2, 0) is 11.2 Å². The molecule has 0 radical (unpaired) electrons. The van der Waals surface area contributed by atoms with Gasteiger partial charge in [-0.05, 0) is 35.7 Å². The van der Waals surface area contributed by atoms with Crippen LogP contribution in [0.2, 0.25) is 0 Å². The van der Waals surface area contributed by atoms with Gasteiger partial charge in [0.25, 0.3) is 0 Å². The zero-order chi connectivity index (χ0) is 19.2. The lowest BCUT2D eigenvalue weighted by molar-refractivity contribution is -0.123. The van der Waals surface area contributed by atoms with E-state index in [1.54, 1.807) is 17.1 Å². The number of nitrogens with one attached hydrogen (secondary N) is 1. The Kier molecular flexibility index (Phi) is 5.29. The molecule has 2 heterocycles. The number of hydrogen-bond acceptors (Lipinski definition) is 3. The van der Waals surface area contributed by atoms with Crippen LogP contribution in [0.15, 0.2) is 91.5 Å². The predicted octanol–water partition coefficient (Wildman–Crippen LogP) is 3.02.